The van der Waals surface area contributed by atoms with Gasteiger partial charge in [0.1, 0.15) is 0 Å². The van der Waals surface area contributed by atoms with Gasteiger partial charge in [-0.05, 0) is 43.4 Å². The van der Waals surface area contributed by atoms with Crippen LogP contribution in [0.5, 0.6) is 0 Å². The molecule has 1 amide bonds. The Balaban J connectivity index is 1.81. The third kappa shape index (κ3) is 3.80. The second-order valence-electron chi connectivity index (χ2n) is 5.14. The number of amides is 1. The Kier molecular flexibility index (Phi) is 4.53. The highest BCUT2D eigenvalue weighted by molar-refractivity contribution is 5.78. The van der Waals surface area contributed by atoms with Crippen LogP contribution in [-0.4, -0.2) is 11.9 Å². The predicted octanol–water partition coefficient (Wildman–Crippen LogP) is 1.69. The normalized spacial score (nSPS) is 22.5. The van der Waals surface area contributed by atoms with Gasteiger partial charge in [-0.2, -0.15) is 5.26 Å². The maximum Gasteiger partial charge on any atom is 0.223 e. The molecular weight excluding hydrogens is 238 g/mol. The number of nitrogens with one attached hydrogen (secondary N) is 1. The molecule has 0 heterocycles. The van der Waals surface area contributed by atoms with Crippen molar-refractivity contribution in [1.29, 1.82) is 5.26 Å². The molecule has 4 nitrogen and oxygen atoms in total. The molecule has 1 fully saturated rings. The Hall–Kier alpha value is -1.86. The summed E-state index contributed by atoms with van der Waals surface area (Å²) in [6.45, 7) is 0.521. The first-order chi connectivity index (χ1) is 9.19. The van der Waals surface area contributed by atoms with Gasteiger partial charge in [-0.3, -0.25) is 4.79 Å². The Morgan fingerprint density at radius 1 is 1.26 bits per heavy atom. The van der Waals surface area contributed by atoms with Crippen LogP contribution >= 0.6 is 0 Å². The molecule has 0 unspecified atom stereocenters. The van der Waals surface area contributed by atoms with Crippen LogP contribution in [0, 0.1) is 17.2 Å². The Labute approximate surface area is 113 Å². The van der Waals surface area contributed by atoms with Gasteiger partial charge in [0, 0.05) is 18.5 Å². The third-order valence-electron chi connectivity index (χ3n) is 3.69. The molecule has 0 saturated heterocycles. The molecule has 0 radical (unpaired) electrons. The van der Waals surface area contributed by atoms with Crippen LogP contribution in [0.3, 0.4) is 0 Å². The van der Waals surface area contributed by atoms with Gasteiger partial charge < -0.3 is 11.1 Å². The van der Waals surface area contributed by atoms with E-state index in [2.05, 4.69) is 11.4 Å². The van der Waals surface area contributed by atoms with Crippen LogP contribution in [0.2, 0.25) is 0 Å². The molecule has 0 atom stereocenters. The van der Waals surface area contributed by atoms with E-state index in [9.17, 15) is 4.79 Å². The van der Waals surface area contributed by atoms with Crippen molar-refractivity contribution in [2.24, 2.45) is 11.7 Å². The van der Waals surface area contributed by atoms with E-state index in [-0.39, 0.29) is 17.9 Å². The summed E-state index contributed by atoms with van der Waals surface area (Å²) in [5.74, 6) is 0.231. The van der Waals surface area contributed by atoms with Crippen molar-refractivity contribution in [1.82, 2.24) is 5.32 Å². The molecule has 0 spiro atoms. The average molecular weight is 257 g/mol. The van der Waals surface area contributed by atoms with E-state index in [0.29, 0.717) is 12.1 Å². The van der Waals surface area contributed by atoms with E-state index in [0.717, 1.165) is 31.2 Å². The molecule has 0 aromatic heterocycles. The van der Waals surface area contributed by atoms with Crippen LogP contribution in [-0.2, 0) is 11.3 Å². The molecule has 3 N–H and O–H groups in total. The number of nitrogens with zero attached hydrogens (tertiary/aromatic N) is 1. The van der Waals surface area contributed by atoms with Gasteiger partial charge in [0.2, 0.25) is 5.91 Å². The van der Waals surface area contributed by atoms with Gasteiger partial charge in [-0.1, -0.05) is 12.1 Å². The van der Waals surface area contributed by atoms with Crippen molar-refractivity contribution in [3.05, 3.63) is 35.4 Å². The monoisotopic (exact) mass is 257 g/mol. The van der Waals surface area contributed by atoms with E-state index in [4.69, 9.17) is 11.0 Å². The molecule has 1 saturated carbocycles. The quantitative estimate of drug-likeness (QED) is 0.864. The molecule has 19 heavy (non-hydrogen) atoms. The van der Waals surface area contributed by atoms with Crippen molar-refractivity contribution in [3.63, 3.8) is 0 Å². The van der Waals surface area contributed by atoms with E-state index in [1.807, 2.05) is 12.1 Å². The molecule has 4 heteroatoms. The summed E-state index contributed by atoms with van der Waals surface area (Å²) in [5.41, 5.74) is 7.48. The summed E-state index contributed by atoms with van der Waals surface area (Å²) in [4.78, 5) is 12.0. The topological polar surface area (TPSA) is 78.9 Å². The van der Waals surface area contributed by atoms with Crippen molar-refractivity contribution in [2.45, 2.75) is 38.3 Å². The van der Waals surface area contributed by atoms with Gasteiger partial charge in [0.15, 0.2) is 0 Å². The average Bonchev–Trinajstić information content (AvgIpc) is 2.46. The molecular formula is C15H19N3O. The second-order valence-corrected chi connectivity index (χ2v) is 5.14. The van der Waals surface area contributed by atoms with Crippen LogP contribution in [0.15, 0.2) is 24.3 Å². The van der Waals surface area contributed by atoms with Gasteiger partial charge in [0.25, 0.3) is 0 Å². The smallest absolute Gasteiger partial charge is 0.223 e. The fourth-order valence-corrected chi connectivity index (χ4v) is 2.41. The fourth-order valence-electron chi connectivity index (χ4n) is 2.41. The lowest BCUT2D eigenvalue weighted by Crippen LogP contribution is -2.35. The van der Waals surface area contributed by atoms with Crippen molar-refractivity contribution in [2.75, 3.05) is 0 Å². The largest absolute Gasteiger partial charge is 0.352 e. The molecule has 1 aromatic carbocycles. The SMILES string of the molecule is N#Cc1ccc(CNC(=O)C2CCC(N)CC2)cc1. The van der Waals surface area contributed by atoms with Gasteiger partial charge in [0.05, 0.1) is 11.6 Å². The van der Waals surface area contributed by atoms with Crippen LogP contribution in [0.25, 0.3) is 0 Å². The summed E-state index contributed by atoms with van der Waals surface area (Å²) in [6.07, 6.45) is 3.66. The summed E-state index contributed by atoms with van der Waals surface area (Å²) in [6, 6.07) is 9.61. The second kappa shape index (κ2) is 6.35. The van der Waals surface area contributed by atoms with Gasteiger partial charge in [-0.25, -0.2) is 0 Å². The number of benzene rings is 1. The van der Waals surface area contributed by atoms with E-state index in [1.165, 1.54) is 0 Å². The summed E-state index contributed by atoms with van der Waals surface area (Å²) < 4.78 is 0. The highest BCUT2D eigenvalue weighted by Gasteiger charge is 2.24. The number of nitriles is 1. The molecule has 0 aliphatic heterocycles. The highest BCUT2D eigenvalue weighted by Crippen LogP contribution is 2.23. The van der Waals surface area contributed by atoms with E-state index >= 15 is 0 Å². The molecule has 0 bridgehead atoms. The zero-order valence-electron chi connectivity index (χ0n) is 10.9. The first-order valence-electron chi connectivity index (χ1n) is 6.71. The van der Waals surface area contributed by atoms with Crippen molar-refractivity contribution < 1.29 is 4.79 Å². The zero-order chi connectivity index (χ0) is 13.7. The van der Waals surface area contributed by atoms with E-state index < -0.39 is 0 Å². The number of rotatable bonds is 3. The van der Waals surface area contributed by atoms with Crippen LogP contribution in [0.1, 0.15) is 36.8 Å². The van der Waals surface area contributed by atoms with Crippen molar-refractivity contribution >= 4 is 5.91 Å². The number of hydrogen-bond acceptors (Lipinski definition) is 3. The number of nitrogens with two attached hydrogens (primary N) is 1. The summed E-state index contributed by atoms with van der Waals surface area (Å²) in [5, 5.41) is 11.7. The van der Waals surface area contributed by atoms with Gasteiger partial charge in [-0.15, -0.1) is 0 Å². The predicted molar refractivity (Wildman–Crippen MR) is 72.9 cm³/mol. The first-order valence-corrected chi connectivity index (χ1v) is 6.71. The standard InChI is InChI=1S/C15H19N3O/c16-9-11-1-3-12(4-2-11)10-18-15(19)13-5-7-14(17)8-6-13/h1-4,13-14H,5-8,10,17H2,(H,18,19). The highest BCUT2D eigenvalue weighted by atomic mass is 16.1. The minimum atomic E-state index is 0.109. The molecule has 100 valence electrons. The lowest BCUT2D eigenvalue weighted by atomic mass is 9.86. The third-order valence-corrected chi connectivity index (χ3v) is 3.69. The fraction of sp³-hybridized carbons (Fsp3) is 0.467. The minimum absolute atomic E-state index is 0.109. The molecule has 1 aliphatic carbocycles. The van der Waals surface area contributed by atoms with Crippen LogP contribution in [0.4, 0.5) is 0 Å². The lowest BCUT2D eigenvalue weighted by Gasteiger charge is -2.25. The number of carbonyl (C=O) groups is 1. The van der Waals surface area contributed by atoms with Crippen molar-refractivity contribution in [3.8, 4) is 6.07 Å². The first kappa shape index (κ1) is 13.6. The Morgan fingerprint density at radius 3 is 2.47 bits per heavy atom. The molecule has 2 rings (SSSR count). The number of carbonyl (C=O) groups excluding carboxylic acids is 1. The minimum Gasteiger partial charge on any atom is -0.352 e. The van der Waals surface area contributed by atoms with Gasteiger partial charge >= 0.3 is 0 Å². The summed E-state index contributed by atoms with van der Waals surface area (Å²) in [7, 11) is 0. The summed E-state index contributed by atoms with van der Waals surface area (Å²) >= 11 is 0. The van der Waals surface area contributed by atoms with Crippen LogP contribution < -0.4 is 11.1 Å². The lowest BCUT2D eigenvalue weighted by molar-refractivity contribution is -0.126. The maximum atomic E-state index is 12.0. The Bertz CT molecular complexity index is 467. The van der Waals surface area contributed by atoms with E-state index in [1.54, 1.807) is 12.1 Å². The number of hydrogen-bond donors (Lipinski definition) is 2. The Morgan fingerprint density at radius 2 is 1.89 bits per heavy atom. The maximum absolute atomic E-state index is 12.0. The molecule has 1 aliphatic rings. The molecule has 1 aromatic rings. The zero-order valence-corrected chi connectivity index (χ0v) is 10.9.